The second kappa shape index (κ2) is 8.11. The molecule has 5 heterocycles. The van der Waals surface area contributed by atoms with Crippen LogP contribution in [0.1, 0.15) is 7.43 Å². The van der Waals surface area contributed by atoms with E-state index in [9.17, 15) is 0 Å². The van der Waals surface area contributed by atoms with Crippen molar-refractivity contribution in [1.82, 2.24) is 34.0 Å². The number of hydrogen-bond donors (Lipinski definition) is 1. The van der Waals surface area contributed by atoms with Crippen molar-refractivity contribution in [3.63, 3.8) is 0 Å². The molecule has 9 nitrogen and oxygen atoms in total. The summed E-state index contributed by atoms with van der Waals surface area (Å²) in [6, 6.07) is 4.09. The number of fused-ring (bicyclic) bond motifs is 1. The van der Waals surface area contributed by atoms with Crippen molar-refractivity contribution in [3.8, 4) is 11.3 Å². The molecule has 1 aliphatic heterocycles. The lowest BCUT2D eigenvalue weighted by Gasteiger charge is -2.33. The summed E-state index contributed by atoms with van der Waals surface area (Å²) in [5.41, 5.74) is 3.63. The first kappa shape index (κ1) is 19.8. The molecule has 0 spiro atoms. The van der Waals surface area contributed by atoms with Gasteiger partial charge in [0.15, 0.2) is 11.5 Å². The molecule has 1 fully saturated rings. The highest BCUT2D eigenvalue weighted by Gasteiger charge is 2.15. The topological polar surface area (TPSA) is 79.4 Å². The van der Waals surface area contributed by atoms with Crippen LogP contribution in [-0.4, -0.2) is 67.3 Å². The summed E-state index contributed by atoms with van der Waals surface area (Å²) in [7, 11) is 4.06. The Hall–Kier alpha value is -3.46. The lowest BCUT2D eigenvalue weighted by molar-refractivity contribution is 0.312. The van der Waals surface area contributed by atoms with Gasteiger partial charge in [-0.25, -0.2) is 15.0 Å². The van der Waals surface area contributed by atoms with Gasteiger partial charge in [0, 0.05) is 57.4 Å². The maximum atomic E-state index is 4.64. The highest BCUT2D eigenvalue weighted by molar-refractivity contribution is 5.73. The van der Waals surface area contributed by atoms with Crippen LogP contribution in [-0.2, 0) is 7.05 Å². The summed E-state index contributed by atoms with van der Waals surface area (Å²) in [4.78, 5) is 18.3. The predicted octanol–water partition coefficient (Wildman–Crippen LogP) is 2.66. The zero-order chi connectivity index (χ0) is 19.8. The smallest absolute Gasteiger partial charge is 0.180 e. The van der Waals surface area contributed by atoms with E-state index in [1.54, 1.807) is 10.9 Å². The van der Waals surface area contributed by atoms with Gasteiger partial charge >= 0.3 is 0 Å². The van der Waals surface area contributed by atoms with Gasteiger partial charge in [-0.2, -0.15) is 5.10 Å². The Kier molecular flexibility index (Phi) is 5.37. The number of anilines is 3. The van der Waals surface area contributed by atoms with E-state index in [4.69, 9.17) is 0 Å². The third-order valence-electron chi connectivity index (χ3n) is 5.27. The van der Waals surface area contributed by atoms with Crippen molar-refractivity contribution < 1.29 is 0 Å². The van der Waals surface area contributed by atoms with Crippen LogP contribution in [0.25, 0.3) is 16.9 Å². The number of hydrogen-bond acceptors (Lipinski definition) is 7. The zero-order valence-electron chi connectivity index (χ0n) is 16.5. The van der Waals surface area contributed by atoms with Gasteiger partial charge in [-0.3, -0.25) is 9.08 Å². The number of imidazole rings is 1. The second-order valence-electron chi connectivity index (χ2n) is 7.34. The summed E-state index contributed by atoms with van der Waals surface area (Å²) < 4.78 is 3.79. The molecule has 0 aromatic carbocycles. The largest absolute Gasteiger partial charge is 0.354 e. The van der Waals surface area contributed by atoms with Crippen LogP contribution in [0.2, 0.25) is 0 Å². The normalized spacial score (nSPS) is 14.7. The van der Waals surface area contributed by atoms with E-state index >= 15 is 0 Å². The standard InChI is InChI=1S/C20H23N9.CH4/c1-26-7-9-28(10-8-26)18-4-3-16(12-22-18)25-19-20-23-13-17(29(20)6-5-21-19)15-11-24-27(2)14-15;/h3-6,11-14H,7-10H2,1-2H3,(H,21,25);1H4. The van der Waals surface area contributed by atoms with Crippen LogP contribution < -0.4 is 10.2 Å². The Morgan fingerprint density at radius 1 is 0.933 bits per heavy atom. The number of aryl methyl sites for hydroxylation is 1. The number of nitrogens with one attached hydrogen (secondary N) is 1. The molecule has 30 heavy (non-hydrogen) atoms. The minimum absolute atomic E-state index is 0. The van der Waals surface area contributed by atoms with Crippen LogP contribution in [0.5, 0.6) is 0 Å². The first-order chi connectivity index (χ1) is 14.2. The van der Waals surface area contributed by atoms with Gasteiger partial charge in [-0.1, -0.05) is 7.43 Å². The average molecular weight is 406 g/mol. The van der Waals surface area contributed by atoms with Gasteiger partial charge in [0.1, 0.15) is 5.82 Å². The molecule has 0 radical (unpaired) electrons. The second-order valence-corrected chi connectivity index (χ2v) is 7.34. The Balaban J connectivity index is 0.00000218. The van der Waals surface area contributed by atoms with Crippen molar-refractivity contribution in [2.75, 3.05) is 43.4 Å². The summed E-state index contributed by atoms with van der Waals surface area (Å²) in [6.45, 7) is 4.13. The minimum atomic E-state index is 0. The van der Waals surface area contributed by atoms with Gasteiger partial charge in [-0.15, -0.1) is 0 Å². The van der Waals surface area contributed by atoms with Crippen LogP contribution in [0.3, 0.4) is 0 Å². The van der Waals surface area contributed by atoms with Crippen molar-refractivity contribution in [3.05, 3.63) is 49.3 Å². The molecule has 1 aliphatic rings. The average Bonchev–Trinajstić information content (AvgIpc) is 3.36. The van der Waals surface area contributed by atoms with Crippen LogP contribution >= 0.6 is 0 Å². The molecule has 4 aromatic heterocycles. The van der Waals surface area contributed by atoms with Crippen molar-refractivity contribution in [1.29, 1.82) is 0 Å². The van der Waals surface area contributed by atoms with Crippen molar-refractivity contribution in [2.45, 2.75) is 7.43 Å². The first-order valence-corrected chi connectivity index (χ1v) is 9.65. The van der Waals surface area contributed by atoms with E-state index in [-0.39, 0.29) is 7.43 Å². The minimum Gasteiger partial charge on any atom is -0.354 e. The van der Waals surface area contributed by atoms with E-state index in [0.717, 1.165) is 54.6 Å². The molecule has 156 valence electrons. The Bertz CT molecular complexity index is 1120. The van der Waals surface area contributed by atoms with E-state index < -0.39 is 0 Å². The van der Waals surface area contributed by atoms with E-state index in [1.165, 1.54) is 0 Å². The molecule has 0 bridgehead atoms. The fraction of sp³-hybridized carbons (Fsp3) is 0.333. The lowest BCUT2D eigenvalue weighted by Crippen LogP contribution is -2.44. The molecule has 0 saturated carbocycles. The molecule has 4 aromatic rings. The fourth-order valence-electron chi connectivity index (χ4n) is 3.59. The third kappa shape index (κ3) is 3.71. The molecule has 1 N–H and O–H groups in total. The number of aromatic nitrogens is 6. The number of rotatable bonds is 4. The molecular formula is C21H27N9. The molecule has 0 unspecified atom stereocenters. The van der Waals surface area contributed by atoms with Crippen molar-refractivity contribution in [2.24, 2.45) is 7.05 Å². The number of pyridine rings is 1. The Morgan fingerprint density at radius 2 is 1.77 bits per heavy atom. The molecule has 1 saturated heterocycles. The summed E-state index contributed by atoms with van der Waals surface area (Å²) in [6.07, 6.45) is 11.2. The van der Waals surface area contributed by atoms with Gasteiger partial charge in [0.05, 0.1) is 30.0 Å². The van der Waals surface area contributed by atoms with E-state index in [1.807, 2.05) is 48.5 Å². The maximum absolute atomic E-state index is 4.64. The Labute approximate surface area is 176 Å². The molecular weight excluding hydrogens is 378 g/mol. The summed E-state index contributed by atoms with van der Waals surface area (Å²) >= 11 is 0. The quantitative estimate of drug-likeness (QED) is 0.559. The van der Waals surface area contributed by atoms with Crippen LogP contribution in [0.4, 0.5) is 17.3 Å². The zero-order valence-corrected chi connectivity index (χ0v) is 16.5. The number of piperazine rings is 1. The molecule has 0 amide bonds. The highest BCUT2D eigenvalue weighted by Crippen LogP contribution is 2.25. The maximum Gasteiger partial charge on any atom is 0.180 e. The highest BCUT2D eigenvalue weighted by atomic mass is 15.3. The van der Waals surface area contributed by atoms with Gasteiger partial charge in [0.25, 0.3) is 0 Å². The summed E-state index contributed by atoms with van der Waals surface area (Å²) in [5, 5.41) is 7.60. The molecule has 0 aliphatic carbocycles. The monoisotopic (exact) mass is 405 g/mol. The van der Waals surface area contributed by atoms with E-state index in [0.29, 0.717) is 5.82 Å². The fourth-order valence-corrected chi connectivity index (χ4v) is 3.59. The van der Waals surface area contributed by atoms with Crippen molar-refractivity contribution >= 4 is 23.0 Å². The molecule has 9 heteroatoms. The molecule has 0 atom stereocenters. The number of likely N-dealkylation sites (N-methyl/N-ethyl adjacent to an activating group) is 1. The van der Waals surface area contributed by atoms with Crippen LogP contribution in [0, 0.1) is 0 Å². The van der Waals surface area contributed by atoms with Gasteiger partial charge < -0.3 is 15.1 Å². The van der Waals surface area contributed by atoms with Gasteiger partial charge in [-0.05, 0) is 19.2 Å². The SMILES string of the molecule is C.CN1CCN(c2ccc(Nc3nccn4c(-c5cnn(C)c5)cnc34)cn2)CC1. The van der Waals surface area contributed by atoms with E-state index in [2.05, 4.69) is 48.3 Å². The third-order valence-corrected chi connectivity index (χ3v) is 5.27. The summed E-state index contributed by atoms with van der Waals surface area (Å²) in [5.74, 6) is 1.70. The first-order valence-electron chi connectivity index (χ1n) is 9.65. The lowest BCUT2D eigenvalue weighted by atomic mass is 10.3. The van der Waals surface area contributed by atoms with Gasteiger partial charge in [0.2, 0.25) is 0 Å². The molecule has 5 rings (SSSR count). The Morgan fingerprint density at radius 3 is 2.47 bits per heavy atom. The van der Waals surface area contributed by atoms with Crippen LogP contribution in [0.15, 0.2) is 49.3 Å². The predicted molar refractivity (Wildman–Crippen MR) is 119 cm³/mol. The number of nitrogens with zero attached hydrogens (tertiary/aromatic N) is 8.